The fourth-order valence-electron chi connectivity index (χ4n) is 2.57. The molecule has 0 aromatic carbocycles. The molecule has 112 valence electrons. The van der Waals surface area contributed by atoms with Crippen molar-refractivity contribution in [2.45, 2.75) is 24.3 Å². The highest BCUT2D eigenvalue weighted by Gasteiger charge is 2.34. The second-order valence-corrected chi connectivity index (χ2v) is 7.76. The lowest BCUT2D eigenvalue weighted by Gasteiger charge is -2.32. The first-order valence-electron chi connectivity index (χ1n) is 6.55. The number of hydrogen-bond acceptors (Lipinski definition) is 6. The molecule has 1 aliphatic rings. The summed E-state index contributed by atoms with van der Waals surface area (Å²) in [5, 5.41) is 2.01. The molecule has 3 heterocycles. The van der Waals surface area contributed by atoms with Gasteiger partial charge in [0.05, 0.1) is 0 Å². The Labute approximate surface area is 127 Å². The number of rotatable bonds is 3. The smallest absolute Gasteiger partial charge is 0.245 e. The molecule has 0 amide bonds. The summed E-state index contributed by atoms with van der Waals surface area (Å²) in [5.74, 6) is 5.68. The number of sulfonamides is 1. The molecule has 0 saturated heterocycles. The van der Waals surface area contributed by atoms with Crippen molar-refractivity contribution in [2.24, 2.45) is 5.84 Å². The van der Waals surface area contributed by atoms with Crippen molar-refractivity contribution >= 4 is 27.2 Å². The van der Waals surface area contributed by atoms with Crippen molar-refractivity contribution in [1.82, 2.24) is 9.29 Å². The summed E-state index contributed by atoms with van der Waals surface area (Å²) < 4.78 is 27.1. The van der Waals surface area contributed by atoms with E-state index in [0.717, 1.165) is 12.0 Å². The lowest BCUT2D eigenvalue weighted by atomic mass is 10.0. The molecular formula is C13H16N4O2S2. The van der Waals surface area contributed by atoms with Gasteiger partial charge in [0.15, 0.2) is 0 Å². The van der Waals surface area contributed by atoms with Gasteiger partial charge < -0.3 is 5.43 Å². The molecular weight excluding hydrogens is 308 g/mol. The first-order valence-corrected chi connectivity index (χ1v) is 8.87. The van der Waals surface area contributed by atoms with E-state index in [1.807, 2.05) is 18.4 Å². The number of hydrazine groups is 1. The number of aromatic nitrogens is 1. The minimum Gasteiger partial charge on any atom is -0.308 e. The Morgan fingerprint density at radius 3 is 2.90 bits per heavy atom. The maximum absolute atomic E-state index is 12.8. The van der Waals surface area contributed by atoms with Crippen LogP contribution >= 0.6 is 11.3 Å². The van der Waals surface area contributed by atoms with Gasteiger partial charge >= 0.3 is 0 Å². The van der Waals surface area contributed by atoms with Gasteiger partial charge in [-0.1, -0.05) is 0 Å². The van der Waals surface area contributed by atoms with Crippen molar-refractivity contribution in [3.05, 3.63) is 40.2 Å². The topological polar surface area (TPSA) is 88.3 Å². The van der Waals surface area contributed by atoms with Crippen molar-refractivity contribution < 1.29 is 8.42 Å². The highest BCUT2D eigenvalue weighted by molar-refractivity contribution is 7.89. The molecule has 2 aromatic heterocycles. The zero-order chi connectivity index (χ0) is 15.0. The lowest BCUT2D eigenvalue weighted by molar-refractivity contribution is 0.329. The zero-order valence-electron chi connectivity index (χ0n) is 11.5. The van der Waals surface area contributed by atoms with Crippen LogP contribution in [0.1, 0.15) is 23.4 Å². The molecule has 1 aliphatic heterocycles. The Kier molecular flexibility index (Phi) is 3.70. The van der Waals surface area contributed by atoms with Crippen LogP contribution in [0.5, 0.6) is 0 Å². The van der Waals surface area contributed by atoms with Gasteiger partial charge in [0.1, 0.15) is 10.7 Å². The van der Waals surface area contributed by atoms with Crippen LogP contribution in [0.15, 0.2) is 34.7 Å². The van der Waals surface area contributed by atoms with Gasteiger partial charge in [0, 0.05) is 23.7 Å². The standard InChI is InChI=1S/C13H16N4O2S2/c1-9-11-5-7-20-12(11)4-6-17(9)21(18,19)10-2-3-13(16-14)15-8-10/h2-3,5,7-9H,4,6,14H2,1H3,(H,15,16). The number of nitrogens with one attached hydrogen (secondary N) is 1. The number of pyridine rings is 1. The quantitative estimate of drug-likeness (QED) is 0.663. The second kappa shape index (κ2) is 5.38. The summed E-state index contributed by atoms with van der Waals surface area (Å²) in [6, 6.07) is 4.93. The maximum Gasteiger partial charge on any atom is 0.245 e. The van der Waals surface area contributed by atoms with Crippen molar-refractivity contribution in [1.29, 1.82) is 0 Å². The Balaban J connectivity index is 1.95. The van der Waals surface area contributed by atoms with Crippen molar-refractivity contribution in [3.63, 3.8) is 0 Å². The van der Waals surface area contributed by atoms with E-state index in [1.165, 1.54) is 21.4 Å². The van der Waals surface area contributed by atoms with Crippen molar-refractivity contribution in [3.8, 4) is 0 Å². The number of thiophene rings is 1. The van der Waals surface area contributed by atoms with Crippen LogP contribution in [0, 0.1) is 0 Å². The van der Waals surface area contributed by atoms with E-state index in [0.29, 0.717) is 12.4 Å². The molecule has 1 unspecified atom stereocenters. The van der Waals surface area contributed by atoms with Crippen LogP contribution < -0.4 is 11.3 Å². The van der Waals surface area contributed by atoms with E-state index in [9.17, 15) is 8.42 Å². The second-order valence-electron chi connectivity index (χ2n) is 4.86. The van der Waals surface area contributed by atoms with Crippen LogP contribution in [0.3, 0.4) is 0 Å². The molecule has 8 heteroatoms. The summed E-state index contributed by atoms with van der Waals surface area (Å²) in [4.78, 5) is 5.44. The summed E-state index contributed by atoms with van der Waals surface area (Å²) in [6.45, 7) is 2.42. The predicted octanol–water partition coefficient (Wildman–Crippen LogP) is 1.74. The number of hydrogen-bond donors (Lipinski definition) is 2. The predicted molar refractivity (Wildman–Crippen MR) is 82.4 cm³/mol. The number of fused-ring (bicyclic) bond motifs is 1. The van der Waals surface area contributed by atoms with Crippen LogP contribution in [0.4, 0.5) is 5.82 Å². The molecule has 6 nitrogen and oxygen atoms in total. The van der Waals surface area contributed by atoms with Gasteiger partial charge in [0.25, 0.3) is 0 Å². The summed E-state index contributed by atoms with van der Waals surface area (Å²) in [6.07, 6.45) is 2.09. The van der Waals surface area contributed by atoms with Gasteiger partial charge in [-0.05, 0) is 42.5 Å². The highest BCUT2D eigenvalue weighted by Crippen LogP contribution is 2.36. The van der Waals surface area contributed by atoms with E-state index in [-0.39, 0.29) is 10.9 Å². The molecule has 0 bridgehead atoms. The van der Waals surface area contributed by atoms with Crippen LogP contribution in [-0.2, 0) is 16.4 Å². The third-order valence-corrected chi connectivity index (χ3v) is 6.66. The number of nitrogens with zero attached hydrogens (tertiary/aromatic N) is 2. The number of nitrogen functional groups attached to an aromatic ring is 1. The molecule has 0 spiro atoms. The van der Waals surface area contributed by atoms with Gasteiger partial charge in [0.2, 0.25) is 10.0 Å². The fourth-order valence-corrected chi connectivity index (χ4v) is 5.09. The minimum absolute atomic E-state index is 0.155. The van der Waals surface area contributed by atoms with Crippen molar-refractivity contribution in [2.75, 3.05) is 12.0 Å². The third-order valence-electron chi connectivity index (χ3n) is 3.71. The highest BCUT2D eigenvalue weighted by atomic mass is 32.2. The fraction of sp³-hybridized carbons (Fsp3) is 0.308. The SMILES string of the molecule is CC1c2ccsc2CCN1S(=O)(=O)c1ccc(NN)nc1. The summed E-state index contributed by atoms with van der Waals surface area (Å²) in [7, 11) is -3.55. The third kappa shape index (κ3) is 2.44. The Bertz CT molecular complexity index is 740. The first-order chi connectivity index (χ1) is 10.0. The molecule has 1 atom stereocenters. The molecule has 2 aromatic rings. The van der Waals surface area contributed by atoms with E-state index in [1.54, 1.807) is 17.4 Å². The normalized spacial score (nSPS) is 19.2. The molecule has 0 saturated carbocycles. The lowest BCUT2D eigenvalue weighted by Crippen LogP contribution is -2.38. The Hall–Kier alpha value is -1.48. The van der Waals surface area contributed by atoms with Crippen LogP contribution in [0.2, 0.25) is 0 Å². The molecule has 21 heavy (non-hydrogen) atoms. The Morgan fingerprint density at radius 1 is 1.43 bits per heavy atom. The van der Waals surface area contributed by atoms with E-state index in [4.69, 9.17) is 5.84 Å². The van der Waals surface area contributed by atoms with Gasteiger partial charge in [-0.15, -0.1) is 11.3 Å². The first kappa shape index (κ1) is 14.5. The van der Waals surface area contributed by atoms with E-state index in [2.05, 4.69) is 10.4 Å². The van der Waals surface area contributed by atoms with Gasteiger partial charge in [-0.2, -0.15) is 4.31 Å². The molecule has 3 N–H and O–H groups in total. The monoisotopic (exact) mass is 324 g/mol. The minimum atomic E-state index is -3.55. The van der Waals surface area contributed by atoms with Gasteiger partial charge in [-0.25, -0.2) is 19.2 Å². The zero-order valence-corrected chi connectivity index (χ0v) is 13.1. The van der Waals surface area contributed by atoms with Crippen LogP contribution in [-0.4, -0.2) is 24.3 Å². The molecule has 0 radical (unpaired) electrons. The van der Waals surface area contributed by atoms with Crippen LogP contribution in [0.25, 0.3) is 0 Å². The molecule has 0 aliphatic carbocycles. The number of anilines is 1. The van der Waals surface area contributed by atoms with E-state index < -0.39 is 10.0 Å². The van der Waals surface area contributed by atoms with E-state index >= 15 is 0 Å². The maximum atomic E-state index is 12.8. The Morgan fingerprint density at radius 2 is 2.24 bits per heavy atom. The molecule has 3 rings (SSSR count). The largest absolute Gasteiger partial charge is 0.308 e. The average molecular weight is 324 g/mol. The average Bonchev–Trinajstić information content (AvgIpc) is 2.97. The summed E-state index contributed by atoms with van der Waals surface area (Å²) >= 11 is 1.69. The summed E-state index contributed by atoms with van der Waals surface area (Å²) in [5.41, 5.74) is 3.49. The molecule has 0 fully saturated rings. The number of nitrogens with two attached hydrogens (primary N) is 1. The van der Waals surface area contributed by atoms with Gasteiger partial charge in [-0.3, -0.25) is 0 Å².